The third kappa shape index (κ3) is 3.82. The van der Waals surface area contributed by atoms with Crippen LogP contribution >= 0.6 is 0 Å². The standard InChI is InChI=1S/C15H27N3O2/c1-7-13-16-8-9-18(13)12(4)10-15(5,14(19)20-6)17-11(2)3/h8-9,11-12,17H,7,10H2,1-6H3. The topological polar surface area (TPSA) is 56.2 Å². The average molecular weight is 281 g/mol. The number of ether oxygens (including phenoxy) is 1. The second kappa shape index (κ2) is 6.88. The van der Waals surface area contributed by atoms with Gasteiger partial charge in [0, 0.05) is 30.9 Å². The van der Waals surface area contributed by atoms with Crippen LogP contribution in [-0.4, -0.2) is 34.2 Å². The highest BCUT2D eigenvalue weighted by molar-refractivity contribution is 5.80. The summed E-state index contributed by atoms with van der Waals surface area (Å²) in [6.45, 7) is 10.1. The zero-order chi connectivity index (χ0) is 15.3. The molecule has 1 N–H and O–H groups in total. The molecule has 1 rings (SSSR count). The van der Waals surface area contributed by atoms with Gasteiger partial charge < -0.3 is 9.30 Å². The Kier molecular flexibility index (Phi) is 5.74. The van der Waals surface area contributed by atoms with Gasteiger partial charge in [-0.3, -0.25) is 10.1 Å². The second-order valence-corrected chi connectivity index (χ2v) is 5.78. The maximum Gasteiger partial charge on any atom is 0.325 e. The first-order valence-corrected chi connectivity index (χ1v) is 7.21. The molecular formula is C15H27N3O2. The molecule has 114 valence electrons. The maximum absolute atomic E-state index is 12.1. The Morgan fingerprint density at radius 3 is 2.65 bits per heavy atom. The molecular weight excluding hydrogens is 254 g/mol. The molecule has 0 saturated heterocycles. The summed E-state index contributed by atoms with van der Waals surface area (Å²) in [4.78, 5) is 16.5. The number of aryl methyl sites for hydroxylation is 1. The number of imidazole rings is 1. The molecule has 5 nitrogen and oxygen atoms in total. The summed E-state index contributed by atoms with van der Waals surface area (Å²) in [7, 11) is 1.43. The molecule has 20 heavy (non-hydrogen) atoms. The van der Waals surface area contributed by atoms with Crippen molar-refractivity contribution in [3.8, 4) is 0 Å². The van der Waals surface area contributed by atoms with Gasteiger partial charge in [-0.15, -0.1) is 0 Å². The Morgan fingerprint density at radius 1 is 1.50 bits per heavy atom. The lowest BCUT2D eigenvalue weighted by molar-refractivity contribution is -0.149. The van der Waals surface area contributed by atoms with Crippen LogP contribution in [0.3, 0.4) is 0 Å². The van der Waals surface area contributed by atoms with E-state index in [1.807, 2.05) is 27.0 Å². The van der Waals surface area contributed by atoms with Gasteiger partial charge in [-0.2, -0.15) is 0 Å². The van der Waals surface area contributed by atoms with Crippen LogP contribution in [0.25, 0.3) is 0 Å². The van der Waals surface area contributed by atoms with E-state index in [0.29, 0.717) is 6.42 Å². The molecule has 0 aliphatic heterocycles. The minimum absolute atomic E-state index is 0.169. The molecule has 0 aliphatic carbocycles. The van der Waals surface area contributed by atoms with Crippen molar-refractivity contribution in [2.24, 2.45) is 0 Å². The first-order valence-electron chi connectivity index (χ1n) is 7.21. The summed E-state index contributed by atoms with van der Waals surface area (Å²) in [6, 6.07) is 0.377. The minimum atomic E-state index is -0.697. The van der Waals surface area contributed by atoms with Crippen LogP contribution in [0.15, 0.2) is 12.4 Å². The predicted octanol–water partition coefficient (Wildman–Crippen LogP) is 2.33. The van der Waals surface area contributed by atoms with Crippen LogP contribution in [0.2, 0.25) is 0 Å². The van der Waals surface area contributed by atoms with Crippen molar-refractivity contribution in [1.29, 1.82) is 0 Å². The van der Waals surface area contributed by atoms with E-state index >= 15 is 0 Å². The van der Waals surface area contributed by atoms with Gasteiger partial charge in [-0.1, -0.05) is 6.92 Å². The van der Waals surface area contributed by atoms with Crippen molar-refractivity contribution < 1.29 is 9.53 Å². The number of carbonyl (C=O) groups excluding carboxylic acids is 1. The normalized spacial score (nSPS) is 15.9. The van der Waals surface area contributed by atoms with E-state index in [1.165, 1.54) is 7.11 Å². The fourth-order valence-corrected chi connectivity index (χ4v) is 2.77. The van der Waals surface area contributed by atoms with Crippen LogP contribution in [0, 0.1) is 0 Å². The number of hydrogen-bond donors (Lipinski definition) is 1. The van der Waals surface area contributed by atoms with Crippen LogP contribution in [0.5, 0.6) is 0 Å². The number of aromatic nitrogens is 2. The molecule has 2 unspecified atom stereocenters. The highest BCUT2D eigenvalue weighted by Gasteiger charge is 2.36. The van der Waals surface area contributed by atoms with Crippen LogP contribution in [0.4, 0.5) is 0 Å². The van der Waals surface area contributed by atoms with E-state index in [-0.39, 0.29) is 18.1 Å². The minimum Gasteiger partial charge on any atom is -0.468 e. The van der Waals surface area contributed by atoms with Gasteiger partial charge in [0.1, 0.15) is 11.4 Å². The molecule has 0 radical (unpaired) electrons. The molecule has 0 fully saturated rings. The van der Waals surface area contributed by atoms with Gasteiger partial charge in [-0.25, -0.2) is 4.98 Å². The highest BCUT2D eigenvalue weighted by Crippen LogP contribution is 2.24. The second-order valence-electron chi connectivity index (χ2n) is 5.78. The van der Waals surface area contributed by atoms with Gasteiger partial charge in [0.05, 0.1) is 7.11 Å². The summed E-state index contributed by atoms with van der Waals surface area (Å²) >= 11 is 0. The SMILES string of the molecule is CCc1nccn1C(C)CC(C)(NC(C)C)C(=O)OC. The molecule has 0 amide bonds. The summed E-state index contributed by atoms with van der Waals surface area (Å²) in [5.41, 5.74) is -0.697. The third-order valence-electron chi connectivity index (χ3n) is 3.49. The van der Waals surface area contributed by atoms with E-state index in [4.69, 9.17) is 4.74 Å². The molecule has 0 bridgehead atoms. The van der Waals surface area contributed by atoms with Crippen molar-refractivity contribution in [3.63, 3.8) is 0 Å². The Labute approximate surface area is 121 Å². The van der Waals surface area contributed by atoms with Crippen molar-refractivity contribution in [1.82, 2.24) is 14.9 Å². The van der Waals surface area contributed by atoms with Crippen LogP contribution in [0.1, 0.15) is 52.9 Å². The molecule has 2 atom stereocenters. The first-order chi connectivity index (χ1) is 9.34. The number of hydrogen-bond acceptors (Lipinski definition) is 4. The Bertz CT molecular complexity index is 442. The summed E-state index contributed by atoms with van der Waals surface area (Å²) in [6.07, 6.45) is 5.31. The zero-order valence-corrected chi connectivity index (χ0v) is 13.4. The van der Waals surface area contributed by atoms with Crippen molar-refractivity contribution in [2.75, 3.05) is 7.11 Å². The van der Waals surface area contributed by atoms with E-state index in [1.54, 1.807) is 6.20 Å². The lowest BCUT2D eigenvalue weighted by atomic mass is 9.92. The van der Waals surface area contributed by atoms with Crippen molar-refractivity contribution >= 4 is 5.97 Å². The fraction of sp³-hybridized carbons (Fsp3) is 0.733. The number of nitrogens with zero attached hydrogens (tertiary/aromatic N) is 2. The number of rotatable bonds is 7. The Balaban J connectivity index is 2.92. The van der Waals surface area contributed by atoms with E-state index in [9.17, 15) is 4.79 Å². The molecule has 5 heteroatoms. The maximum atomic E-state index is 12.1. The monoisotopic (exact) mass is 281 g/mol. The molecule has 0 aliphatic rings. The summed E-state index contributed by atoms with van der Waals surface area (Å²) < 4.78 is 7.09. The lowest BCUT2D eigenvalue weighted by Crippen LogP contribution is -2.54. The molecule has 0 spiro atoms. The lowest BCUT2D eigenvalue weighted by Gasteiger charge is -2.33. The largest absolute Gasteiger partial charge is 0.468 e. The van der Waals surface area contributed by atoms with Crippen LogP contribution < -0.4 is 5.32 Å². The highest BCUT2D eigenvalue weighted by atomic mass is 16.5. The van der Waals surface area contributed by atoms with Gasteiger partial charge in [0.15, 0.2) is 0 Å². The molecule has 1 aromatic rings. The van der Waals surface area contributed by atoms with Gasteiger partial charge >= 0.3 is 5.97 Å². The Morgan fingerprint density at radius 2 is 2.15 bits per heavy atom. The number of esters is 1. The van der Waals surface area contributed by atoms with Crippen LogP contribution in [-0.2, 0) is 16.0 Å². The number of carbonyl (C=O) groups is 1. The molecule has 1 aromatic heterocycles. The summed E-state index contributed by atoms with van der Waals surface area (Å²) in [5.74, 6) is 0.811. The summed E-state index contributed by atoms with van der Waals surface area (Å²) in [5, 5.41) is 3.33. The molecule has 1 heterocycles. The third-order valence-corrected chi connectivity index (χ3v) is 3.49. The van der Waals surface area contributed by atoms with Gasteiger partial charge in [-0.05, 0) is 34.1 Å². The average Bonchev–Trinajstić information content (AvgIpc) is 2.84. The van der Waals surface area contributed by atoms with E-state index < -0.39 is 5.54 Å². The van der Waals surface area contributed by atoms with Gasteiger partial charge in [0.2, 0.25) is 0 Å². The Hall–Kier alpha value is -1.36. The fourth-order valence-electron chi connectivity index (χ4n) is 2.77. The number of nitrogens with one attached hydrogen (secondary N) is 1. The quantitative estimate of drug-likeness (QED) is 0.779. The smallest absolute Gasteiger partial charge is 0.325 e. The van der Waals surface area contributed by atoms with Crippen molar-refractivity contribution in [3.05, 3.63) is 18.2 Å². The molecule has 0 saturated carbocycles. The first kappa shape index (κ1) is 16.7. The van der Waals surface area contributed by atoms with E-state index in [2.05, 4.69) is 28.7 Å². The number of methoxy groups -OCH3 is 1. The molecule has 0 aromatic carbocycles. The van der Waals surface area contributed by atoms with Crippen molar-refractivity contribution in [2.45, 2.75) is 65.1 Å². The van der Waals surface area contributed by atoms with Gasteiger partial charge in [0.25, 0.3) is 0 Å². The zero-order valence-electron chi connectivity index (χ0n) is 13.4. The predicted molar refractivity (Wildman–Crippen MR) is 79.6 cm³/mol. The van der Waals surface area contributed by atoms with E-state index in [0.717, 1.165) is 12.2 Å².